The molecule has 1 fully saturated rings. The van der Waals surface area contributed by atoms with Crippen LogP contribution in [0.15, 0.2) is 59.5 Å². The van der Waals surface area contributed by atoms with Crippen LogP contribution in [0.25, 0.3) is 10.8 Å². The van der Waals surface area contributed by atoms with E-state index in [1.807, 2.05) is 0 Å². The zero-order chi connectivity index (χ0) is 30.8. The first kappa shape index (κ1) is 31.5. The lowest BCUT2D eigenvalue weighted by Gasteiger charge is -2.32. The molecule has 2 heterocycles. The Morgan fingerprint density at radius 1 is 1.19 bits per heavy atom. The minimum Gasteiger partial charge on any atom is -0.462 e. The number of hydrogen-bond donors (Lipinski definition) is 4. The third-order valence-corrected chi connectivity index (χ3v) is 8.05. The number of nitrogen functional groups attached to an aromatic ring is 1. The maximum absolute atomic E-state index is 14.6. The van der Waals surface area contributed by atoms with Crippen molar-refractivity contribution < 1.29 is 46.9 Å². The molecule has 16 heteroatoms. The van der Waals surface area contributed by atoms with Crippen LogP contribution in [-0.4, -0.2) is 68.7 Å². The number of aromatic nitrogens is 2. The molecule has 0 bridgehead atoms. The summed E-state index contributed by atoms with van der Waals surface area (Å²) in [6, 6.07) is 11.6. The Labute approximate surface area is 238 Å². The molecule has 4 rings (SSSR count). The van der Waals surface area contributed by atoms with E-state index in [0.717, 1.165) is 12.3 Å². The van der Waals surface area contributed by atoms with Gasteiger partial charge in [0.25, 0.3) is 6.43 Å². The largest absolute Gasteiger partial charge is 0.462 e. The Morgan fingerprint density at radius 3 is 2.55 bits per heavy atom. The second-order valence-corrected chi connectivity index (χ2v) is 11.6. The van der Waals surface area contributed by atoms with Crippen LogP contribution in [0, 0.1) is 0 Å². The topological polar surface area (TPSA) is 184 Å². The van der Waals surface area contributed by atoms with Crippen LogP contribution >= 0.6 is 7.75 Å². The summed E-state index contributed by atoms with van der Waals surface area (Å²) in [6.45, 7) is 3.19. The van der Waals surface area contributed by atoms with Gasteiger partial charge in [0.05, 0.1) is 12.7 Å². The second kappa shape index (κ2) is 12.4. The molecule has 3 aromatic rings. The van der Waals surface area contributed by atoms with Crippen LogP contribution in [0.2, 0.25) is 0 Å². The number of nitrogens with one attached hydrogen (secondary N) is 1. The number of carbonyl (C=O) groups excluding carboxylic acids is 1. The van der Waals surface area contributed by atoms with E-state index < -0.39 is 68.6 Å². The number of anilines is 1. The normalized spacial score (nSPS) is 24.5. The number of benzene rings is 2. The summed E-state index contributed by atoms with van der Waals surface area (Å²) in [5.41, 5.74) is 1.43. The lowest BCUT2D eigenvalue weighted by atomic mass is 9.96. The molecule has 1 aliphatic heterocycles. The molecule has 42 heavy (non-hydrogen) atoms. The molecule has 228 valence electrons. The number of aliphatic hydroxyl groups excluding tert-OH is 2. The predicted octanol–water partition coefficient (Wildman–Crippen LogP) is 2.37. The van der Waals surface area contributed by atoms with Gasteiger partial charge in [0.1, 0.15) is 29.8 Å². The van der Waals surface area contributed by atoms with Crippen molar-refractivity contribution in [1.29, 1.82) is 0 Å². The fourth-order valence-corrected chi connectivity index (χ4v) is 5.87. The van der Waals surface area contributed by atoms with Gasteiger partial charge < -0.3 is 29.9 Å². The van der Waals surface area contributed by atoms with Crippen LogP contribution in [0.1, 0.15) is 27.0 Å². The minimum absolute atomic E-state index is 0.0322. The van der Waals surface area contributed by atoms with Crippen molar-refractivity contribution in [2.45, 2.75) is 63.4 Å². The molecule has 13 nitrogen and oxygen atoms in total. The zero-order valence-electron chi connectivity index (χ0n) is 22.8. The molecule has 1 aliphatic rings. The van der Waals surface area contributed by atoms with Crippen molar-refractivity contribution in [3.63, 3.8) is 0 Å². The molecule has 6 atom stereocenters. The summed E-state index contributed by atoms with van der Waals surface area (Å²) in [5.74, 6) is -0.970. The van der Waals surface area contributed by atoms with Gasteiger partial charge in [-0.2, -0.15) is 10.1 Å². The van der Waals surface area contributed by atoms with Crippen molar-refractivity contribution in [3.05, 3.63) is 65.2 Å². The number of fused-ring (bicyclic) bond motifs is 1. The lowest BCUT2D eigenvalue weighted by Crippen LogP contribution is -2.53. The summed E-state index contributed by atoms with van der Waals surface area (Å²) in [7, 11) is -4.74. The van der Waals surface area contributed by atoms with Gasteiger partial charge >= 0.3 is 19.4 Å². The summed E-state index contributed by atoms with van der Waals surface area (Å²) in [5, 5.41) is 24.9. The van der Waals surface area contributed by atoms with Gasteiger partial charge in [0, 0.05) is 11.6 Å². The first-order valence-corrected chi connectivity index (χ1v) is 14.4. The molecule has 5 N–H and O–H groups in total. The smallest absolute Gasteiger partial charge is 0.459 e. The molecule has 0 saturated carbocycles. The highest BCUT2D eigenvalue weighted by atomic mass is 31.2. The third kappa shape index (κ3) is 6.46. The highest BCUT2D eigenvalue weighted by molar-refractivity contribution is 7.52. The summed E-state index contributed by atoms with van der Waals surface area (Å²) in [4.78, 5) is 28.3. The molecule has 0 aliphatic carbocycles. The average molecular weight is 613 g/mol. The Kier molecular flexibility index (Phi) is 9.30. The highest BCUT2D eigenvalue weighted by Gasteiger charge is 2.61. The predicted molar refractivity (Wildman–Crippen MR) is 146 cm³/mol. The number of aliphatic hydroxyl groups is 2. The number of carbonyl (C=O) groups is 1. The van der Waals surface area contributed by atoms with Crippen LogP contribution < -0.4 is 21.0 Å². The van der Waals surface area contributed by atoms with E-state index >= 15 is 0 Å². The monoisotopic (exact) mass is 612 g/mol. The van der Waals surface area contributed by atoms with Crippen molar-refractivity contribution in [2.75, 3.05) is 12.3 Å². The molecule has 0 spiro atoms. The summed E-state index contributed by atoms with van der Waals surface area (Å²) >= 11 is 0. The highest BCUT2D eigenvalue weighted by Crippen LogP contribution is 2.50. The molecular formula is C26H31F2N4O9P. The number of nitrogens with zero attached hydrogens (tertiary/aromatic N) is 2. The number of rotatable bonds is 11. The number of hydrogen-bond acceptors (Lipinski definition) is 11. The third-order valence-electron chi connectivity index (χ3n) is 6.44. The van der Waals surface area contributed by atoms with E-state index in [9.17, 15) is 33.1 Å². The summed E-state index contributed by atoms with van der Waals surface area (Å²) < 4.78 is 65.6. The van der Waals surface area contributed by atoms with E-state index in [4.69, 9.17) is 24.3 Å². The van der Waals surface area contributed by atoms with E-state index in [0.29, 0.717) is 15.3 Å². The quantitative estimate of drug-likeness (QED) is 0.183. The van der Waals surface area contributed by atoms with Crippen molar-refractivity contribution in [3.8, 4) is 5.75 Å². The molecule has 1 saturated heterocycles. The Morgan fingerprint density at radius 2 is 1.88 bits per heavy atom. The van der Waals surface area contributed by atoms with E-state index in [1.54, 1.807) is 50.2 Å². The first-order valence-electron chi connectivity index (χ1n) is 12.8. The van der Waals surface area contributed by atoms with Crippen molar-refractivity contribution in [2.24, 2.45) is 0 Å². The van der Waals surface area contributed by atoms with Gasteiger partial charge in [-0.15, -0.1) is 0 Å². The molecule has 0 unspecified atom stereocenters. The number of alkyl halides is 2. The van der Waals surface area contributed by atoms with Gasteiger partial charge in [0.15, 0.2) is 11.8 Å². The standard InChI is InChI=1S/C26H31F2N4O9P/c1-14(2)39-23(35)15(3)31-42(37,41-18-10-6-8-16-7-4-5-9-17(16)18)38-13-26(24(27)28)21(34)20(33)22(40-26)32-12-11-19(29)30-25(32)36/h4-12,14-15,20-22,24,33-34H,13H2,1-3H3,(H,31,37)(H2,29,30,36)/t15-,20+,21-,22+,26+,42-/m0/s1. The maximum Gasteiger partial charge on any atom is 0.459 e. The fourth-order valence-electron chi connectivity index (χ4n) is 4.32. The molecule has 0 amide bonds. The maximum atomic E-state index is 14.6. The van der Waals surface area contributed by atoms with Crippen LogP contribution in [0.4, 0.5) is 14.6 Å². The van der Waals surface area contributed by atoms with Gasteiger partial charge in [-0.1, -0.05) is 36.4 Å². The van der Waals surface area contributed by atoms with Gasteiger partial charge in [-0.05, 0) is 38.3 Å². The molecule has 2 aromatic carbocycles. The molecule has 0 radical (unpaired) electrons. The number of ether oxygens (including phenoxy) is 2. The lowest BCUT2D eigenvalue weighted by molar-refractivity contribution is -0.192. The Balaban J connectivity index is 1.67. The minimum atomic E-state index is -4.74. The van der Waals surface area contributed by atoms with Crippen molar-refractivity contribution in [1.82, 2.24) is 14.6 Å². The Hall–Kier alpha value is -3.46. The van der Waals surface area contributed by atoms with Crippen LogP contribution in [0.5, 0.6) is 5.75 Å². The number of halogens is 2. The van der Waals surface area contributed by atoms with Gasteiger partial charge in [0.2, 0.25) is 0 Å². The average Bonchev–Trinajstić information content (AvgIpc) is 3.18. The molecular weight excluding hydrogens is 581 g/mol. The van der Waals surface area contributed by atoms with E-state index in [1.165, 1.54) is 13.0 Å². The Bertz CT molecular complexity index is 1540. The van der Waals surface area contributed by atoms with E-state index in [-0.39, 0.29) is 11.6 Å². The van der Waals surface area contributed by atoms with Crippen LogP contribution in [-0.2, 0) is 23.4 Å². The second-order valence-electron chi connectivity index (χ2n) is 9.92. The first-order chi connectivity index (χ1) is 19.8. The number of nitrogens with two attached hydrogens (primary N) is 1. The zero-order valence-corrected chi connectivity index (χ0v) is 23.7. The fraction of sp³-hybridized carbons (Fsp3) is 0.423. The SMILES string of the molecule is CC(C)OC(=O)[C@H](C)N[P@](=O)(OC[C@@]1(C(F)F)O[C@@H](n2ccc(N)nc2=O)[C@H](O)[C@@H]1O)Oc1cccc2ccccc12. The number of esters is 1. The molecule has 1 aromatic heterocycles. The van der Waals surface area contributed by atoms with Gasteiger partial charge in [-0.25, -0.2) is 18.1 Å². The summed E-state index contributed by atoms with van der Waals surface area (Å²) in [6.07, 6.45) is -9.22. The van der Waals surface area contributed by atoms with Crippen LogP contribution in [0.3, 0.4) is 0 Å². The van der Waals surface area contributed by atoms with Gasteiger partial charge in [-0.3, -0.25) is 13.9 Å². The van der Waals surface area contributed by atoms with Crippen molar-refractivity contribution >= 4 is 30.3 Å². The van der Waals surface area contributed by atoms with E-state index in [2.05, 4.69) is 10.1 Å².